The lowest BCUT2D eigenvalue weighted by atomic mass is 10.1. The number of carbonyl (C=O) groups excluding carboxylic acids is 2. The van der Waals surface area contributed by atoms with E-state index in [2.05, 4.69) is 0 Å². The van der Waals surface area contributed by atoms with Gasteiger partial charge in [-0.25, -0.2) is 4.90 Å². The van der Waals surface area contributed by atoms with Crippen molar-refractivity contribution < 1.29 is 14.3 Å². The molecule has 1 atom stereocenters. The highest BCUT2D eigenvalue weighted by atomic mass is 16.5. The normalized spacial score (nSPS) is 15.7. The predicted octanol–water partition coefficient (Wildman–Crippen LogP) is 0.135. The Hall–Kier alpha value is -1.92. The van der Waals surface area contributed by atoms with Crippen LogP contribution in [0.25, 0.3) is 0 Å². The number of hydrogen-bond donors (Lipinski definition) is 2. The van der Waals surface area contributed by atoms with E-state index in [4.69, 9.17) is 16.2 Å². The maximum Gasteiger partial charge on any atom is 0.271 e. The average Bonchev–Trinajstić information content (AvgIpc) is 2.36. The van der Waals surface area contributed by atoms with Gasteiger partial charge in [-0.05, 0) is 24.6 Å². The zero-order chi connectivity index (χ0) is 14.0. The Morgan fingerprint density at radius 1 is 1.53 bits per heavy atom. The number of benzene rings is 1. The third kappa shape index (κ3) is 2.74. The number of fused-ring (bicyclic) bond motifs is 1. The summed E-state index contributed by atoms with van der Waals surface area (Å²) in [5.74, 6) is -0.194. The van der Waals surface area contributed by atoms with Gasteiger partial charge in [-0.1, -0.05) is 6.07 Å². The number of nitrogens with two attached hydrogens (primary N) is 2. The van der Waals surface area contributed by atoms with Crippen molar-refractivity contribution in [1.82, 2.24) is 0 Å². The number of rotatable bonds is 3. The van der Waals surface area contributed by atoms with E-state index in [9.17, 15) is 9.59 Å². The Morgan fingerprint density at radius 2 is 2.26 bits per heavy atom. The van der Waals surface area contributed by atoms with E-state index in [1.54, 1.807) is 19.1 Å². The van der Waals surface area contributed by atoms with Gasteiger partial charge >= 0.3 is 0 Å². The van der Waals surface area contributed by atoms with Crippen molar-refractivity contribution in [3.05, 3.63) is 23.8 Å². The molecule has 2 amide bonds. The summed E-state index contributed by atoms with van der Waals surface area (Å²) in [5.41, 5.74) is 12.5. The van der Waals surface area contributed by atoms with Crippen molar-refractivity contribution in [1.29, 1.82) is 0 Å². The fourth-order valence-electron chi connectivity index (χ4n) is 1.97. The number of hydrogen-bond acceptors (Lipinski definition) is 5. The summed E-state index contributed by atoms with van der Waals surface area (Å²) < 4.78 is 5.31. The van der Waals surface area contributed by atoms with E-state index >= 15 is 0 Å². The first-order chi connectivity index (χ1) is 9.02. The third-order valence-corrected chi connectivity index (χ3v) is 2.85. The van der Waals surface area contributed by atoms with Crippen LogP contribution < -0.4 is 21.1 Å². The highest BCUT2D eigenvalue weighted by Gasteiger charge is 2.31. The monoisotopic (exact) mass is 263 g/mol. The van der Waals surface area contributed by atoms with Gasteiger partial charge < -0.3 is 16.2 Å². The maximum atomic E-state index is 12.1. The predicted molar refractivity (Wildman–Crippen MR) is 70.6 cm³/mol. The molecule has 1 aromatic carbocycles. The zero-order valence-electron chi connectivity index (χ0n) is 10.8. The first-order valence-electron chi connectivity index (χ1n) is 6.10. The molecular formula is C13H17N3O3. The molecule has 19 heavy (non-hydrogen) atoms. The first kappa shape index (κ1) is 13.5. The molecule has 1 heterocycles. The number of amides is 2. The van der Waals surface area contributed by atoms with Crippen LogP contribution in [-0.2, 0) is 16.1 Å². The van der Waals surface area contributed by atoms with E-state index < -0.39 is 0 Å². The number of nitrogens with zero attached hydrogens (tertiary/aromatic N) is 1. The highest BCUT2D eigenvalue weighted by molar-refractivity contribution is 6.17. The maximum absolute atomic E-state index is 12.1. The van der Waals surface area contributed by atoms with E-state index in [-0.39, 0.29) is 30.9 Å². The van der Waals surface area contributed by atoms with Crippen LogP contribution in [0.1, 0.15) is 18.9 Å². The number of carbonyl (C=O) groups is 2. The molecule has 6 heteroatoms. The molecule has 4 N–H and O–H groups in total. The summed E-state index contributed by atoms with van der Waals surface area (Å²) >= 11 is 0. The molecular weight excluding hydrogens is 246 g/mol. The van der Waals surface area contributed by atoms with Crippen LogP contribution in [0.2, 0.25) is 0 Å². The first-order valence-corrected chi connectivity index (χ1v) is 6.10. The quantitative estimate of drug-likeness (QED) is 0.808. The summed E-state index contributed by atoms with van der Waals surface area (Å²) in [5, 5.41) is 0. The molecule has 1 aliphatic rings. The Morgan fingerprint density at radius 3 is 2.89 bits per heavy atom. The van der Waals surface area contributed by atoms with Crippen LogP contribution in [0.3, 0.4) is 0 Å². The van der Waals surface area contributed by atoms with Crippen molar-refractivity contribution in [2.24, 2.45) is 11.5 Å². The molecule has 102 valence electrons. The van der Waals surface area contributed by atoms with Crippen LogP contribution in [0.5, 0.6) is 5.75 Å². The summed E-state index contributed by atoms with van der Waals surface area (Å²) in [4.78, 5) is 25.1. The van der Waals surface area contributed by atoms with Crippen molar-refractivity contribution in [2.75, 3.05) is 11.5 Å². The van der Waals surface area contributed by atoms with Gasteiger partial charge in [0.2, 0.25) is 5.91 Å². The average molecular weight is 263 g/mol. The second-order valence-corrected chi connectivity index (χ2v) is 4.60. The Balaban J connectivity index is 2.39. The van der Waals surface area contributed by atoms with Gasteiger partial charge in [-0.3, -0.25) is 9.59 Å². The minimum atomic E-state index is -0.382. The van der Waals surface area contributed by atoms with Crippen molar-refractivity contribution >= 4 is 17.5 Å². The van der Waals surface area contributed by atoms with Crippen molar-refractivity contribution in [3.63, 3.8) is 0 Å². The molecule has 0 bridgehead atoms. The number of anilines is 1. The molecule has 0 fully saturated rings. The van der Waals surface area contributed by atoms with Gasteiger partial charge in [-0.2, -0.15) is 0 Å². The summed E-state index contributed by atoms with van der Waals surface area (Å²) in [6, 6.07) is 4.93. The van der Waals surface area contributed by atoms with Crippen LogP contribution in [0.15, 0.2) is 18.2 Å². The number of imide groups is 1. The van der Waals surface area contributed by atoms with Gasteiger partial charge in [0.1, 0.15) is 5.75 Å². The molecule has 6 nitrogen and oxygen atoms in total. The van der Waals surface area contributed by atoms with Crippen LogP contribution in [-0.4, -0.2) is 24.5 Å². The number of ether oxygens (including phenoxy) is 1. The van der Waals surface area contributed by atoms with Gasteiger partial charge in [0, 0.05) is 19.0 Å². The fraction of sp³-hybridized carbons (Fsp3) is 0.385. The van der Waals surface area contributed by atoms with Gasteiger partial charge in [0.15, 0.2) is 6.61 Å². The second kappa shape index (κ2) is 5.38. The van der Waals surface area contributed by atoms with Crippen LogP contribution in [0.4, 0.5) is 5.69 Å². The van der Waals surface area contributed by atoms with E-state index in [1.807, 2.05) is 6.07 Å². The topological polar surface area (TPSA) is 98.7 Å². The molecule has 1 aromatic rings. The largest absolute Gasteiger partial charge is 0.482 e. The second-order valence-electron chi connectivity index (χ2n) is 4.60. The third-order valence-electron chi connectivity index (χ3n) is 2.85. The van der Waals surface area contributed by atoms with E-state index in [1.165, 1.54) is 0 Å². The van der Waals surface area contributed by atoms with Gasteiger partial charge in [0.05, 0.1) is 5.69 Å². The van der Waals surface area contributed by atoms with Crippen LogP contribution >= 0.6 is 0 Å². The van der Waals surface area contributed by atoms with Crippen LogP contribution in [0, 0.1) is 0 Å². The highest BCUT2D eigenvalue weighted by Crippen LogP contribution is 2.33. The standard InChI is InChI=1S/C13H17N3O3/c1-8(15)4-12(17)16-10-5-9(6-14)2-3-11(10)19-7-13(16)18/h2-3,5,8H,4,6-7,14-15H2,1H3. The smallest absolute Gasteiger partial charge is 0.271 e. The SMILES string of the molecule is CC(N)CC(=O)N1C(=O)COc2ccc(CN)cc21. The zero-order valence-corrected chi connectivity index (χ0v) is 10.8. The molecule has 2 rings (SSSR count). The minimum absolute atomic E-state index is 0.109. The molecule has 0 aromatic heterocycles. The lowest BCUT2D eigenvalue weighted by Crippen LogP contribution is -2.44. The van der Waals surface area contributed by atoms with Gasteiger partial charge in [0.25, 0.3) is 5.91 Å². The van der Waals surface area contributed by atoms with Crippen molar-refractivity contribution in [2.45, 2.75) is 25.9 Å². The molecule has 0 saturated heterocycles. The Labute approximate surface area is 111 Å². The molecule has 1 unspecified atom stereocenters. The Bertz CT molecular complexity index is 514. The molecule has 0 saturated carbocycles. The summed E-state index contributed by atoms with van der Waals surface area (Å²) in [6.07, 6.45) is 0.109. The van der Waals surface area contributed by atoms with E-state index in [0.717, 1.165) is 10.5 Å². The minimum Gasteiger partial charge on any atom is -0.482 e. The van der Waals surface area contributed by atoms with E-state index in [0.29, 0.717) is 18.0 Å². The summed E-state index contributed by atoms with van der Waals surface area (Å²) in [7, 11) is 0. The molecule has 1 aliphatic heterocycles. The fourth-order valence-corrected chi connectivity index (χ4v) is 1.97. The summed E-state index contributed by atoms with van der Waals surface area (Å²) in [6.45, 7) is 1.91. The Kier molecular flexibility index (Phi) is 3.82. The van der Waals surface area contributed by atoms with Gasteiger partial charge in [-0.15, -0.1) is 0 Å². The lowest BCUT2D eigenvalue weighted by molar-refractivity contribution is -0.128. The molecule has 0 spiro atoms. The van der Waals surface area contributed by atoms with Crippen molar-refractivity contribution in [3.8, 4) is 5.75 Å². The lowest BCUT2D eigenvalue weighted by Gasteiger charge is -2.28. The molecule has 0 radical (unpaired) electrons. The molecule has 0 aliphatic carbocycles.